The van der Waals surface area contributed by atoms with Crippen molar-refractivity contribution in [1.29, 1.82) is 0 Å². The van der Waals surface area contributed by atoms with Crippen LogP contribution in [0.1, 0.15) is 10.4 Å². The van der Waals surface area contributed by atoms with Gasteiger partial charge < -0.3 is 9.84 Å². The number of hydrogen-bond acceptors (Lipinski definition) is 2. The Morgan fingerprint density at radius 1 is 1.11 bits per heavy atom. The molecule has 0 aromatic heterocycles. The Labute approximate surface area is 126 Å². The van der Waals surface area contributed by atoms with Crippen LogP contribution in [0.2, 0.25) is 0 Å². The molecule has 0 unspecified atom stereocenters. The van der Waals surface area contributed by atoms with E-state index in [-0.39, 0.29) is 5.56 Å². The average Bonchev–Trinajstić information content (AvgIpc) is 2.32. The lowest BCUT2D eigenvalue weighted by Crippen LogP contribution is -1.97. The number of carbonyl (C=O) groups is 1. The van der Waals surface area contributed by atoms with Crippen molar-refractivity contribution < 1.29 is 14.6 Å². The Hall–Kier alpha value is -1.08. The summed E-state index contributed by atoms with van der Waals surface area (Å²) in [5, 5.41) is 8.91. The summed E-state index contributed by atoms with van der Waals surface area (Å²) in [4.78, 5) is 10.9. The molecular formula is C13H8BrIO3. The normalized spacial score (nSPS) is 10.1. The van der Waals surface area contributed by atoms with Gasteiger partial charge in [-0.05, 0) is 81.0 Å². The molecule has 5 heteroatoms. The van der Waals surface area contributed by atoms with Crippen LogP contribution in [-0.4, -0.2) is 11.1 Å². The molecule has 92 valence electrons. The minimum atomic E-state index is -0.970. The summed E-state index contributed by atoms with van der Waals surface area (Å²) in [6.07, 6.45) is 0. The molecule has 0 saturated carbocycles. The van der Waals surface area contributed by atoms with Crippen molar-refractivity contribution in [3.8, 4) is 11.5 Å². The second-order valence-corrected chi connectivity index (χ2v) is 5.60. The molecular weight excluding hydrogens is 411 g/mol. The number of carboxylic acids is 1. The first-order chi connectivity index (χ1) is 8.56. The molecule has 0 heterocycles. The highest BCUT2D eigenvalue weighted by atomic mass is 127. The minimum absolute atomic E-state index is 0.213. The van der Waals surface area contributed by atoms with Gasteiger partial charge in [0.1, 0.15) is 11.5 Å². The number of carboxylic acid groups (broad SMARTS) is 1. The van der Waals surface area contributed by atoms with Gasteiger partial charge in [-0.25, -0.2) is 4.79 Å². The van der Waals surface area contributed by atoms with Crippen LogP contribution in [0.3, 0.4) is 0 Å². The van der Waals surface area contributed by atoms with Gasteiger partial charge >= 0.3 is 5.97 Å². The van der Waals surface area contributed by atoms with Gasteiger partial charge in [0.05, 0.1) is 5.56 Å². The third-order valence-corrected chi connectivity index (χ3v) is 3.60. The van der Waals surface area contributed by atoms with Gasteiger partial charge in [-0.3, -0.25) is 0 Å². The van der Waals surface area contributed by atoms with Gasteiger partial charge in [0, 0.05) is 8.04 Å². The van der Waals surface area contributed by atoms with Gasteiger partial charge in [-0.15, -0.1) is 0 Å². The predicted octanol–water partition coefficient (Wildman–Crippen LogP) is 4.54. The minimum Gasteiger partial charge on any atom is -0.478 e. The smallest absolute Gasteiger partial charge is 0.336 e. The van der Waals surface area contributed by atoms with Crippen molar-refractivity contribution in [2.75, 3.05) is 0 Å². The number of aromatic carboxylic acids is 1. The van der Waals surface area contributed by atoms with E-state index in [0.717, 1.165) is 3.57 Å². The topological polar surface area (TPSA) is 46.5 Å². The van der Waals surface area contributed by atoms with Crippen LogP contribution in [0.4, 0.5) is 0 Å². The van der Waals surface area contributed by atoms with Crippen molar-refractivity contribution in [3.63, 3.8) is 0 Å². The van der Waals surface area contributed by atoms with Crippen molar-refractivity contribution in [3.05, 3.63) is 56.1 Å². The molecule has 0 saturated heterocycles. The second-order valence-electron chi connectivity index (χ2n) is 3.50. The summed E-state index contributed by atoms with van der Waals surface area (Å²) in [5.41, 5.74) is 0.213. The fourth-order valence-electron chi connectivity index (χ4n) is 1.37. The lowest BCUT2D eigenvalue weighted by atomic mass is 10.2. The molecule has 0 radical (unpaired) electrons. The monoisotopic (exact) mass is 418 g/mol. The maximum absolute atomic E-state index is 10.9. The zero-order valence-electron chi connectivity index (χ0n) is 9.06. The molecule has 0 aliphatic rings. The summed E-state index contributed by atoms with van der Waals surface area (Å²) in [6, 6.07) is 12.4. The van der Waals surface area contributed by atoms with Crippen LogP contribution in [0.5, 0.6) is 11.5 Å². The van der Waals surface area contributed by atoms with E-state index in [0.29, 0.717) is 16.0 Å². The van der Waals surface area contributed by atoms with E-state index in [2.05, 4.69) is 38.5 Å². The maximum Gasteiger partial charge on any atom is 0.336 e. The van der Waals surface area contributed by atoms with E-state index in [1.165, 1.54) is 6.07 Å². The first-order valence-corrected chi connectivity index (χ1v) is 6.90. The molecule has 0 atom stereocenters. The summed E-state index contributed by atoms with van der Waals surface area (Å²) < 4.78 is 7.25. The Bertz CT molecular complexity index is 581. The second kappa shape index (κ2) is 5.71. The van der Waals surface area contributed by atoms with E-state index in [1.54, 1.807) is 12.1 Å². The number of halogens is 2. The quantitative estimate of drug-likeness (QED) is 0.744. The molecule has 18 heavy (non-hydrogen) atoms. The fourth-order valence-corrected chi connectivity index (χ4v) is 2.26. The highest BCUT2D eigenvalue weighted by Crippen LogP contribution is 2.27. The fraction of sp³-hybridized carbons (Fsp3) is 0. The lowest BCUT2D eigenvalue weighted by molar-refractivity contribution is 0.0696. The number of benzene rings is 2. The molecule has 2 aromatic rings. The number of rotatable bonds is 3. The first-order valence-electron chi connectivity index (χ1n) is 5.02. The molecule has 0 spiro atoms. The third-order valence-electron chi connectivity index (χ3n) is 2.22. The van der Waals surface area contributed by atoms with Crippen LogP contribution in [0.25, 0.3) is 0 Å². The summed E-state index contributed by atoms with van der Waals surface area (Å²) in [6.45, 7) is 0. The van der Waals surface area contributed by atoms with E-state index >= 15 is 0 Å². The van der Waals surface area contributed by atoms with Gasteiger partial charge in [-0.2, -0.15) is 0 Å². The third kappa shape index (κ3) is 3.23. The Morgan fingerprint density at radius 2 is 1.72 bits per heavy atom. The van der Waals surface area contributed by atoms with Crippen molar-refractivity contribution in [1.82, 2.24) is 0 Å². The highest BCUT2D eigenvalue weighted by molar-refractivity contribution is 14.1. The predicted molar refractivity (Wildman–Crippen MR) is 80.3 cm³/mol. The standard InChI is InChI=1S/C13H8BrIO3/c14-12-7-10(5-6-11(12)13(16)17)18-9-3-1-8(15)2-4-9/h1-7H,(H,16,17). The van der Waals surface area contributed by atoms with E-state index in [1.807, 2.05) is 24.3 Å². The van der Waals surface area contributed by atoms with Crippen LogP contribution >= 0.6 is 38.5 Å². The first kappa shape index (κ1) is 13.4. The zero-order chi connectivity index (χ0) is 13.1. The highest BCUT2D eigenvalue weighted by Gasteiger charge is 2.09. The largest absolute Gasteiger partial charge is 0.478 e. The molecule has 0 amide bonds. The van der Waals surface area contributed by atoms with Crippen molar-refractivity contribution in [2.24, 2.45) is 0 Å². The molecule has 3 nitrogen and oxygen atoms in total. The van der Waals surface area contributed by atoms with Crippen LogP contribution in [0, 0.1) is 3.57 Å². The molecule has 0 fully saturated rings. The molecule has 0 aliphatic carbocycles. The maximum atomic E-state index is 10.9. The molecule has 2 rings (SSSR count). The van der Waals surface area contributed by atoms with E-state index in [4.69, 9.17) is 9.84 Å². The van der Waals surface area contributed by atoms with Gasteiger partial charge in [0.25, 0.3) is 0 Å². The van der Waals surface area contributed by atoms with Crippen LogP contribution in [0.15, 0.2) is 46.9 Å². The Morgan fingerprint density at radius 3 is 2.28 bits per heavy atom. The van der Waals surface area contributed by atoms with Gasteiger partial charge in [0.2, 0.25) is 0 Å². The van der Waals surface area contributed by atoms with E-state index in [9.17, 15) is 4.79 Å². The molecule has 1 N–H and O–H groups in total. The summed E-state index contributed by atoms with van der Waals surface area (Å²) in [5.74, 6) is 0.334. The number of hydrogen-bond donors (Lipinski definition) is 1. The lowest BCUT2D eigenvalue weighted by Gasteiger charge is -2.07. The average molecular weight is 419 g/mol. The van der Waals surface area contributed by atoms with Crippen molar-refractivity contribution >= 4 is 44.5 Å². The summed E-state index contributed by atoms with van der Waals surface area (Å²) in [7, 11) is 0. The van der Waals surface area contributed by atoms with Crippen LogP contribution < -0.4 is 4.74 Å². The number of ether oxygens (including phenoxy) is 1. The molecule has 0 aliphatic heterocycles. The summed E-state index contributed by atoms with van der Waals surface area (Å²) >= 11 is 5.43. The Kier molecular flexibility index (Phi) is 4.23. The molecule has 0 bridgehead atoms. The van der Waals surface area contributed by atoms with Gasteiger partial charge in [0.15, 0.2) is 0 Å². The van der Waals surface area contributed by atoms with Crippen LogP contribution in [-0.2, 0) is 0 Å². The van der Waals surface area contributed by atoms with E-state index < -0.39 is 5.97 Å². The van der Waals surface area contributed by atoms with Crippen molar-refractivity contribution in [2.45, 2.75) is 0 Å². The molecule has 2 aromatic carbocycles. The SMILES string of the molecule is O=C(O)c1ccc(Oc2ccc(I)cc2)cc1Br. The Balaban J connectivity index is 2.22. The van der Waals surface area contributed by atoms with Gasteiger partial charge in [-0.1, -0.05) is 0 Å². The zero-order valence-corrected chi connectivity index (χ0v) is 12.8.